The first-order valence-corrected chi connectivity index (χ1v) is 13.8. The van der Waals surface area contributed by atoms with Gasteiger partial charge in [-0.05, 0) is 26.0 Å². The van der Waals surface area contributed by atoms with Crippen LogP contribution in [0.4, 0.5) is 5.69 Å². The molecule has 0 saturated carbocycles. The highest BCUT2D eigenvalue weighted by Crippen LogP contribution is 2.57. The number of anilines is 1. The van der Waals surface area contributed by atoms with Crippen molar-refractivity contribution in [1.29, 1.82) is 0 Å². The molecule has 2 aromatic carbocycles. The number of H-pyrrole nitrogens is 1. The molecule has 3 N–H and O–H groups in total. The molecule has 206 valence electrons. The lowest BCUT2D eigenvalue weighted by molar-refractivity contribution is -0.164. The van der Waals surface area contributed by atoms with E-state index in [0.29, 0.717) is 11.1 Å². The predicted octanol–water partition coefficient (Wildman–Crippen LogP) is 3.82. The first-order chi connectivity index (χ1) is 18.9. The molecule has 0 radical (unpaired) electrons. The Morgan fingerprint density at radius 3 is 2.52 bits per heavy atom. The maximum absolute atomic E-state index is 14.7. The van der Waals surface area contributed by atoms with E-state index in [2.05, 4.69) is 11.6 Å². The van der Waals surface area contributed by atoms with Gasteiger partial charge >= 0.3 is 0 Å². The molecule has 8 nitrogen and oxygen atoms in total. The third kappa shape index (κ3) is 2.98. The van der Waals surface area contributed by atoms with Gasteiger partial charge in [0.25, 0.3) is 5.91 Å². The summed E-state index contributed by atoms with van der Waals surface area (Å²) in [4.78, 5) is 37.3. The number of hydrogen-bond acceptors (Lipinski definition) is 5. The van der Waals surface area contributed by atoms with Crippen molar-refractivity contribution in [2.75, 3.05) is 4.90 Å². The van der Waals surface area contributed by atoms with Gasteiger partial charge in [-0.15, -0.1) is 6.58 Å². The first kappa shape index (κ1) is 25.1. The summed E-state index contributed by atoms with van der Waals surface area (Å²) in [6, 6.07) is 13.2. The van der Waals surface area contributed by atoms with Crippen LogP contribution in [0, 0.1) is 0 Å². The zero-order valence-electron chi connectivity index (χ0n) is 23.1. The summed E-state index contributed by atoms with van der Waals surface area (Å²) in [5, 5.41) is 25.2. The molecule has 4 aliphatic rings. The van der Waals surface area contributed by atoms with E-state index in [1.54, 1.807) is 12.3 Å². The van der Waals surface area contributed by atoms with E-state index in [0.717, 1.165) is 22.3 Å². The van der Waals surface area contributed by atoms with Gasteiger partial charge in [0.2, 0.25) is 5.91 Å². The molecule has 5 heterocycles. The Balaban J connectivity index is 1.42. The monoisotopic (exact) mass is 538 g/mol. The first-order valence-electron chi connectivity index (χ1n) is 13.8. The van der Waals surface area contributed by atoms with Gasteiger partial charge in [-0.25, -0.2) is 0 Å². The largest absolute Gasteiger partial charge is 0.386 e. The average Bonchev–Trinajstić information content (AvgIpc) is 3.54. The molecule has 0 spiro atoms. The number of fused-ring (bicyclic) bond motifs is 9. The molecular weight excluding hydrogens is 504 g/mol. The predicted molar refractivity (Wildman–Crippen MR) is 152 cm³/mol. The van der Waals surface area contributed by atoms with Crippen LogP contribution in [-0.2, 0) is 20.6 Å². The summed E-state index contributed by atoms with van der Waals surface area (Å²) in [7, 11) is 0. The van der Waals surface area contributed by atoms with Crippen LogP contribution in [0.3, 0.4) is 0 Å². The molecule has 40 heavy (non-hydrogen) atoms. The number of allylic oxidation sites excluding steroid dienone is 1. The van der Waals surface area contributed by atoms with Gasteiger partial charge in [-0.3, -0.25) is 9.59 Å². The van der Waals surface area contributed by atoms with Crippen LogP contribution < -0.4 is 4.90 Å². The molecule has 2 saturated heterocycles. The SMILES string of the molecule is C=CC(C)(C)N1c2ccccc2[C@@]2(O)C[C@H]3C(=O)N4/C=C\C(C)(C)c5[nH]c6ccccc6c5[C@H](O)[C@H]4C(=O)N3[C@@H]12. The number of nitrogens with zero attached hydrogens (tertiary/aromatic N) is 3. The minimum absolute atomic E-state index is 0.0673. The molecule has 2 fully saturated rings. The molecule has 1 aromatic heterocycles. The van der Waals surface area contributed by atoms with E-state index in [9.17, 15) is 19.8 Å². The van der Waals surface area contributed by atoms with E-state index < -0.39 is 46.8 Å². The summed E-state index contributed by atoms with van der Waals surface area (Å²) >= 11 is 0. The third-order valence-corrected chi connectivity index (χ3v) is 9.51. The Morgan fingerprint density at radius 2 is 1.77 bits per heavy atom. The van der Waals surface area contributed by atoms with Gasteiger partial charge in [-0.2, -0.15) is 0 Å². The van der Waals surface area contributed by atoms with Crippen LogP contribution in [0.25, 0.3) is 10.9 Å². The molecule has 4 aliphatic heterocycles. The smallest absolute Gasteiger partial charge is 0.251 e. The van der Waals surface area contributed by atoms with E-state index in [4.69, 9.17) is 0 Å². The van der Waals surface area contributed by atoms with E-state index in [1.165, 1.54) is 9.80 Å². The van der Waals surface area contributed by atoms with Crippen molar-refractivity contribution in [3.05, 3.63) is 90.3 Å². The summed E-state index contributed by atoms with van der Waals surface area (Å²) in [6.07, 6.45) is 3.30. The fourth-order valence-corrected chi connectivity index (χ4v) is 7.39. The van der Waals surface area contributed by atoms with Crippen LogP contribution >= 0.6 is 0 Å². The molecule has 0 bridgehead atoms. The second-order valence-corrected chi connectivity index (χ2v) is 12.6. The Hall–Kier alpha value is -3.88. The van der Waals surface area contributed by atoms with Gasteiger partial charge in [0, 0.05) is 51.4 Å². The average molecular weight is 539 g/mol. The molecule has 8 heteroatoms. The fourth-order valence-electron chi connectivity index (χ4n) is 7.39. The van der Waals surface area contributed by atoms with Crippen LogP contribution in [0.2, 0.25) is 0 Å². The van der Waals surface area contributed by atoms with Crippen molar-refractivity contribution in [2.24, 2.45) is 0 Å². The Bertz CT molecular complexity index is 1640. The maximum Gasteiger partial charge on any atom is 0.251 e. The number of para-hydroxylation sites is 2. The molecule has 3 aromatic rings. The Labute approximate surface area is 233 Å². The Kier molecular flexibility index (Phi) is 4.93. The normalized spacial score (nSPS) is 31.2. The van der Waals surface area contributed by atoms with Crippen LogP contribution in [0.1, 0.15) is 57.0 Å². The maximum atomic E-state index is 14.7. The molecule has 0 unspecified atom stereocenters. The summed E-state index contributed by atoms with van der Waals surface area (Å²) in [5.74, 6) is -0.702. The van der Waals surface area contributed by atoms with Gasteiger partial charge < -0.3 is 29.9 Å². The zero-order chi connectivity index (χ0) is 28.4. The van der Waals surface area contributed by atoms with Gasteiger partial charge in [0.05, 0.1) is 5.54 Å². The number of nitrogens with one attached hydrogen (secondary N) is 1. The number of rotatable bonds is 2. The number of aromatic nitrogens is 1. The zero-order valence-corrected chi connectivity index (χ0v) is 23.1. The van der Waals surface area contributed by atoms with Crippen LogP contribution in [-0.4, -0.2) is 60.6 Å². The lowest BCUT2D eigenvalue weighted by Gasteiger charge is -2.49. The molecule has 5 atom stereocenters. The minimum Gasteiger partial charge on any atom is -0.386 e. The van der Waals surface area contributed by atoms with Gasteiger partial charge in [0.1, 0.15) is 30.0 Å². The van der Waals surface area contributed by atoms with Gasteiger partial charge in [-0.1, -0.05) is 62.4 Å². The minimum atomic E-state index is -1.46. The highest BCUT2D eigenvalue weighted by atomic mass is 16.3. The van der Waals surface area contributed by atoms with Gasteiger partial charge in [0.15, 0.2) is 0 Å². The van der Waals surface area contributed by atoms with Crippen molar-refractivity contribution >= 4 is 28.4 Å². The second-order valence-electron chi connectivity index (χ2n) is 12.6. The summed E-state index contributed by atoms with van der Waals surface area (Å²) in [6.45, 7) is 12.0. The Morgan fingerprint density at radius 1 is 1.07 bits per heavy atom. The van der Waals surface area contributed by atoms with Crippen molar-refractivity contribution in [3.63, 3.8) is 0 Å². The van der Waals surface area contributed by atoms with Crippen LogP contribution in [0.5, 0.6) is 0 Å². The van der Waals surface area contributed by atoms with Crippen molar-refractivity contribution < 1.29 is 19.8 Å². The number of aliphatic hydroxyl groups excluding tert-OH is 1. The van der Waals surface area contributed by atoms with Crippen molar-refractivity contribution in [1.82, 2.24) is 14.8 Å². The van der Waals surface area contributed by atoms with Crippen molar-refractivity contribution in [3.8, 4) is 0 Å². The molecule has 0 aliphatic carbocycles. The lowest BCUT2D eigenvalue weighted by Crippen LogP contribution is -2.68. The molecular formula is C32H34N4O4. The van der Waals surface area contributed by atoms with Crippen LogP contribution in [0.15, 0.2) is 73.5 Å². The number of carbonyl (C=O) groups is 2. The lowest BCUT2D eigenvalue weighted by atomic mass is 9.81. The second kappa shape index (κ2) is 7.86. The topological polar surface area (TPSA) is 100 Å². The number of piperazine rings is 1. The van der Waals surface area contributed by atoms with Crippen molar-refractivity contribution in [2.45, 2.75) is 75.0 Å². The molecule has 7 rings (SSSR count). The highest BCUT2D eigenvalue weighted by molar-refractivity contribution is 6.01. The number of carbonyl (C=O) groups excluding carboxylic acids is 2. The number of amides is 2. The summed E-state index contributed by atoms with van der Waals surface area (Å²) < 4.78 is 0. The van der Waals surface area contributed by atoms with E-state index >= 15 is 0 Å². The molecule has 2 amide bonds. The van der Waals surface area contributed by atoms with E-state index in [-0.39, 0.29) is 12.3 Å². The number of hydrogen-bond donors (Lipinski definition) is 3. The third-order valence-electron chi connectivity index (χ3n) is 9.51. The standard InChI is InChI=1S/C32H34N4O4/c1-6-31(4,5)36-21-14-10-8-12-19(21)32(40)17-22-27(38)34-16-15-30(2,3)26-23(18-11-7-9-13-20(18)33-26)25(37)24(34)28(39)35(22)29(32)36/h6-16,22,24-25,29,33,37,40H,1,17H2,2-5H3/b16-15-/t22-,24-,25-,29-,32-/m0/s1. The fraction of sp³-hybridized carbons (Fsp3) is 0.375. The number of aliphatic hydroxyl groups is 2. The highest BCUT2D eigenvalue weighted by Gasteiger charge is 2.68. The number of aromatic amines is 1. The number of benzene rings is 2. The quantitative estimate of drug-likeness (QED) is 0.431. The summed E-state index contributed by atoms with van der Waals surface area (Å²) in [5.41, 5.74) is 1.12. The van der Waals surface area contributed by atoms with E-state index in [1.807, 2.05) is 87.2 Å².